The van der Waals surface area contributed by atoms with E-state index in [2.05, 4.69) is 98.5 Å². The Kier molecular flexibility index (Phi) is 7.34. The molecule has 0 aromatic heterocycles. The molecule has 1 radical (unpaired) electrons. The van der Waals surface area contributed by atoms with Crippen LogP contribution in [-0.4, -0.2) is 51.3 Å². The summed E-state index contributed by atoms with van der Waals surface area (Å²) in [5, 5.41) is 0. The summed E-state index contributed by atoms with van der Waals surface area (Å²) in [5.41, 5.74) is 2.69. The smallest absolute Gasteiger partial charge is 0.247 e. The fraction of sp³-hybridized carbons (Fsp3) is 0.250. The Balaban J connectivity index is 0.00000220. The maximum absolute atomic E-state index is 2.30. The fourth-order valence-corrected chi connectivity index (χ4v) is 2.83. The first-order valence-corrected chi connectivity index (χ1v) is 7.04. The van der Waals surface area contributed by atoms with E-state index < -0.39 is 0 Å². The summed E-state index contributed by atoms with van der Waals surface area (Å²) in [6, 6.07) is 21.5. The summed E-state index contributed by atoms with van der Waals surface area (Å²) < 4.78 is 0. The van der Waals surface area contributed by atoms with Gasteiger partial charge in [-0.1, -0.05) is 71.6 Å². The SMILES string of the molecule is CN(C)B(B(c1ccccc1)N(C)C)c1ccccc1.[V]. The Hall–Kier alpha value is -0.926. The predicted octanol–water partition coefficient (Wildman–Crippen LogP) is 0.983. The molecule has 0 bridgehead atoms. The monoisotopic (exact) mass is 315 g/mol. The molecule has 0 heterocycles. The minimum atomic E-state index is 0. The molecule has 2 rings (SSSR count). The molecule has 0 saturated carbocycles. The van der Waals surface area contributed by atoms with Crippen LogP contribution in [0.4, 0.5) is 0 Å². The molecule has 2 aromatic rings. The molecule has 0 amide bonds. The van der Waals surface area contributed by atoms with Crippen LogP contribution in [0.5, 0.6) is 0 Å². The third-order valence-corrected chi connectivity index (χ3v) is 3.69. The molecule has 107 valence electrons. The average Bonchev–Trinajstić information content (AvgIpc) is 2.45. The first-order chi connectivity index (χ1) is 9.61. The molecule has 0 atom stereocenters. The van der Waals surface area contributed by atoms with E-state index in [4.69, 9.17) is 0 Å². The number of hydrogen-bond donors (Lipinski definition) is 0. The molecule has 0 aliphatic heterocycles. The van der Waals surface area contributed by atoms with E-state index in [0.717, 1.165) is 0 Å². The Morgan fingerprint density at radius 2 is 0.857 bits per heavy atom. The Morgan fingerprint density at radius 3 is 1.10 bits per heavy atom. The molecule has 2 nitrogen and oxygen atoms in total. The molecule has 0 spiro atoms. The topological polar surface area (TPSA) is 6.48 Å². The third kappa shape index (κ3) is 4.52. The van der Waals surface area contributed by atoms with E-state index in [-0.39, 0.29) is 18.6 Å². The van der Waals surface area contributed by atoms with Gasteiger partial charge in [-0.3, -0.25) is 0 Å². The van der Waals surface area contributed by atoms with Crippen molar-refractivity contribution in [3.63, 3.8) is 0 Å². The van der Waals surface area contributed by atoms with Crippen molar-refractivity contribution in [1.82, 2.24) is 9.62 Å². The summed E-state index contributed by atoms with van der Waals surface area (Å²) in [6.45, 7) is 0.655. The van der Waals surface area contributed by atoms with Gasteiger partial charge in [-0.2, -0.15) is 0 Å². The Bertz CT molecular complexity index is 471. The average molecular weight is 315 g/mol. The minimum absolute atomic E-state index is 0. The molecule has 0 fully saturated rings. The van der Waals surface area contributed by atoms with Crippen LogP contribution in [0.2, 0.25) is 0 Å². The molecule has 0 unspecified atom stereocenters. The van der Waals surface area contributed by atoms with Gasteiger partial charge in [0.1, 0.15) is 0 Å². The van der Waals surface area contributed by atoms with E-state index in [1.165, 1.54) is 10.9 Å². The molecular formula is C16H22B2N2V. The van der Waals surface area contributed by atoms with Crippen molar-refractivity contribution in [3.05, 3.63) is 60.7 Å². The fourth-order valence-electron chi connectivity index (χ4n) is 2.83. The van der Waals surface area contributed by atoms with E-state index in [0.29, 0.717) is 13.5 Å². The maximum Gasteiger partial charge on any atom is 0.247 e. The van der Waals surface area contributed by atoms with Gasteiger partial charge in [0.05, 0.1) is 0 Å². The number of hydrogen-bond acceptors (Lipinski definition) is 2. The Morgan fingerprint density at radius 1 is 0.571 bits per heavy atom. The molecule has 0 aliphatic carbocycles. The normalized spacial score (nSPS) is 10.4. The van der Waals surface area contributed by atoms with Gasteiger partial charge in [-0.15, -0.1) is 0 Å². The van der Waals surface area contributed by atoms with Crippen LogP contribution in [0, 0.1) is 0 Å². The molecule has 0 saturated heterocycles. The number of benzene rings is 2. The second-order valence-corrected chi connectivity index (χ2v) is 5.64. The molecule has 0 aliphatic rings. The van der Waals surface area contributed by atoms with Crippen molar-refractivity contribution in [2.24, 2.45) is 0 Å². The minimum Gasteiger partial charge on any atom is -0.348 e. The molecule has 2 aromatic carbocycles. The zero-order chi connectivity index (χ0) is 14.5. The van der Waals surface area contributed by atoms with Gasteiger partial charge < -0.3 is 9.62 Å². The van der Waals surface area contributed by atoms with Crippen LogP contribution in [0.15, 0.2) is 60.7 Å². The van der Waals surface area contributed by atoms with Gasteiger partial charge in [-0.05, 0) is 28.2 Å². The zero-order valence-electron chi connectivity index (χ0n) is 13.3. The quantitative estimate of drug-likeness (QED) is 0.759. The molecule has 5 heteroatoms. The van der Waals surface area contributed by atoms with Crippen LogP contribution >= 0.6 is 0 Å². The van der Waals surface area contributed by atoms with Gasteiger partial charge in [0.2, 0.25) is 13.5 Å². The largest absolute Gasteiger partial charge is 0.348 e. The number of rotatable bonds is 5. The second-order valence-electron chi connectivity index (χ2n) is 5.64. The Labute approximate surface area is 141 Å². The first kappa shape index (κ1) is 18.1. The van der Waals surface area contributed by atoms with E-state index in [1.807, 2.05) is 0 Å². The van der Waals surface area contributed by atoms with E-state index in [1.54, 1.807) is 0 Å². The van der Waals surface area contributed by atoms with Gasteiger partial charge in [0.15, 0.2) is 0 Å². The standard InChI is InChI=1S/C16H22B2N2.V/c1-19(2)17(15-11-7-5-8-12-15)18(20(3)4)16-13-9-6-10-14-16;/h5-14H,1-4H3;. The molecule has 0 N–H and O–H groups in total. The van der Waals surface area contributed by atoms with Crippen LogP contribution in [0.25, 0.3) is 0 Å². The van der Waals surface area contributed by atoms with Gasteiger partial charge in [0.25, 0.3) is 0 Å². The van der Waals surface area contributed by atoms with Gasteiger partial charge >= 0.3 is 0 Å². The van der Waals surface area contributed by atoms with Crippen molar-refractivity contribution in [2.75, 3.05) is 28.2 Å². The summed E-state index contributed by atoms with van der Waals surface area (Å²) >= 11 is 0. The third-order valence-electron chi connectivity index (χ3n) is 3.69. The molecular weight excluding hydrogens is 293 g/mol. The summed E-state index contributed by atoms with van der Waals surface area (Å²) in [7, 11) is 8.60. The van der Waals surface area contributed by atoms with Crippen molar-refractivity contribution in [2.45, 2.75) is 0 Å². The van der Waals surface area contributed by atoms with Crippen LogP contribution in [0.3, 0.4) is 0 Å². The van der Waals surface area contributed by atoms with Gasteiger partial charge in [0, 0.05) is 18.6 Å². The van der Waals surface area contributed by atoms with Crippen molar-refractivity contribution in [3.8, 4) is 0 Å². The van der Waals surface area contributed by atoms with Crippen LogP contribution in [-0.2, 0) is 18.6 Å². The summed E-state index contributed by atoms with van der Waals surface area (Å²) in [6.07, 6.45) is 0. The second kappa shape index (κ2) is 8.50. The van der Waals surface area contributed by atoms with E-state index in [9.17, 15) is 0 Å². The first-order valence-electron chi connectivity index (χ1n) is 7.04. The number of nitrogens with zero attached hydrogens (tertiary/aromatic N) is 2. The summed E-state index contributed by atoms with van der Waals surface area (Å²) in [4.78, 5) is 4.60. The van der Waals surface area contributed by atoms with Crippen molar-refractivity contribution < 1.29 is 18.6 Å². The van der Waals surface area contributed by atoms with Crippen molar-refractivity contribution >= 4 is 24.4 Å². The van der Waals surface area contributed by atoms with Crippen LogP contribution in [0.1, 0.15) is 0 Å². The van der Waals surface area contributed by atoms with E-state index >= 15 is 0 Å². The predicted molar refractivity (Wildman–Crippen MR) is 91.0 cm³/mol. The zero-order valence-corrected chi connectivity index (χ0v) is 14.7. The van der Waals surface area contributed by atoms with Crippen molar-refractivity contribution in [1.29, 1.82) is 0 Å². The molecule has 21 heavy (non-hydrogen) atoms. The summed E-state index contributed by atoms with van der Waals surface area (Å²) in [5.74, 6) is 0. The van der Waals surface area contributed by atoms with Gasteiger partial charge in [-0.25, -0.2) is 0 Å². The maximum atomic E-state index is 2.30. The van der Waals surface area contributed by atoms with Crippen LogP contribution < -0.4 is 10.9 Å².